The number of nitrogens with one attached hydrogen (secondary N) is 2. The van der Waals surface area contributed by atoms with Crippen molar-refractivity contribution in [2.45, 2.75) is 25.4 Å². The van der Waals surface area contributed by atoms with E-state index in [9.17, 15) is 0 Å². The predicted molar refractivity (Wildman–Crippen MR) is 79.1 cm³/mol. The average Bonchev–Trinajstić information content (AvgIpc) is 2.34. The second-order valence-corrected chi connectivity index (χ2v) is 6.29. The van der Waals surface area contributed by atoms with Crippen molar-refractivity contribution in [1.29, 1.82) is 0 Å². The molecule has 0 aromatic heterocycles. The van der Waals surface area contributed by atoms with Crippen LogP contribution in [0.4, 0.5) is 0 Å². The van der Waals surface area contributed by atoms with Crippen molar-refractivity contribution in [2.75, 3.05) is 33.2 Å². The van der Waals surface area contributed by atoms with Crippen molar-refractivity contribution in [1.82, 2.24) is 15.5 Å². The first kappa shape index (κ1) is 13.1. The molecule has 1 heterocycles. The van der Waals surface area contributed by atoms with E-state index in [0.717, 1.165) is 25.7 Å². The number of hydrogen-bond donors (Lipinski definition) is 2. The van der Waals surface area contributed by atoms with Crippen LogP contribution in [0.3, 0.4) is 0 Å². The van der Waals surface area contributed by atoms with E-state index in [4.69, 9.17) is 0 Å². The maximum Gasteiger partial charge on any atom is 0.0234 e. The van der Waals surface area contributed by atoms with Crippen molar-refractivity contribution >= 4 is 0 Å². The topological polar surface area (TPSA) is 27.3 Å². The molecule has 1 spiro atoms. The molecule has 0 unspecified atom stereocenters. The molecule has 2 aliphatic rings. The molecule has 1 aromatic rings. The van der Waals surface area contributed by atoms with Gasteiger partial charge in [-0.2, -0.15) is 0 Å². The molecule has 1 saturated heterocycles. The Labute approximate surface area is 116 Å². The monoisotopic (exact) mass is 259 g/mol. The third-order valence-electron chi connectivity index (χ3n) is 4.53. The first-order valence-electron chi connectivity index (χ1n) is 7.44. The Morgan fingerprint density at radius 1 is 1.16 bits per heavy atom. The van der Waals surface area contributed by atoms with Gasteiger partial charge in [0.25, 0.3) is 0 Å². The van der Waals surface area contributed by atoms with E-state index >= 15 is 0 Å². The van der Waals surface area contributed by atoms with Crippen molar-refractivity contribution in [3.63, 3.8) is 0 Å². The Bertz CT molecular complexity index is 390. The first-order chi connectivity index (χ1) is 9.30. The summed E-state index contributed by atoms with van der Waals surface area (Å²) >= 11 is 0. The predicted octanol–water partition coefficient (Wildman–Crippen LogP) is 1.46. The summed E-state index contributed by atoms with van der Waals surface area (Å²) in [4.78, 5) is 2.58. The SMILES string of the molecule is CNCCNC1CC2(C1)CN(Cc1ccccc1)C2. The highest BCUT2D eigenvalue weighted by Crippen LogP contribution is 2.48. The lowest BCUT2D eigenvalue weighted by Crippen LogP contribution is -2.65. The zero-order chi connectivity index (χ0) is 13.1. The largest absolute Gasteiger partial charge is 0.318 e. The summed E-state index contributed by atoms with van der Waals surface area (Å²) in [7, 11) is 2.01. The summed E-state index contributed by atoms with van der Waals surface area (Å²) in [5.41, 5.74) is 2.10. The average molecular weight is 259 g/mol. The second-order valence-electron chi connectivity index (χ2n) is 6.29. The Balaban J connectivity index is 1.35. The maximum atomic E-state index is 3.63. The molecule has 2 N–H and O–H groups in total. The van der Waals surface area contributed by atoms with E-state index in [1.165, 1.54) is 31.5 Å². The molecule has 0 radical (unpaired) electrons. The van der Waals surface area contributed by atoms with Gasteiger partial charge in [0.1, 0.15) is 0 Å². The Morgan fingerprint density at radius 3 is 2.58 bits per heavy atom. The molecule has 1 aliphatic heterocycles. The second kappa shape index (κ2) is 5.61. The maximum absolute atomic E-state index is 3.63. The van der Waals surface area contributed by atoms with Gasteiger partial charge >= 0.3 is 0 Å². The molecule has 104 valence electrons. The highest BCUT2D eigenvalue weighted by atomic mass is 15.2. The van der Waals surface area contributed by atoms with Gasteiger partial charge in [0.05, 0.1) is 0 Å². The van der Waals surface area contributed by atoms with Gasteiger partial charge in [0.15, 0.2) is 0 Å². The van der Waals surface area contributed by atoms with Gasteiger partial charge in [-0.1, -0.05) is 30.3 Å². The summed E-state index contributed by atoms with van der Waals surface area (Å²) in [5.74, 6) is 0. The van der Waals surface area contributed by atoms with E-state index in [-0.39, 0.29) is 0 Å². The van der Waals surface area contributed by atoms with Crippen LogP contribution in [-0.4, -0.2) is 44.2 Å². The molecule has 2 fully saturated rings. The summed E-state index contributed by atoms with van der Waals surface area (Å²) in [6.07, 6.45) is 2.75. The van der Waals surface area contributed by atoms with Gasteiger partial charge in [0.2, 0.25) is 0 Å². The van der Waals surface area contributed by atoms with Gasteiger partial charge in [-0.25, -0.2) is 0 Å². The summed E-state index contributed by atoms with van der Waals surface area (Å²) < 4.78 is 0. The van der Waals surface area contributed by atoms with Crippen LogP contribution in [0.2, 0.25) is 0 Å². The molecule has 0 amide bonds. The smallest absolute Gasteiger partial charge is 0.0234 e. The van der Waals surface area contributed by atoms with Gasteiger partial charge in [0, 0.05) is 38.8 Å². The Kier molecular flexibility index (Phi) is 3.87. The number of likely N-dealkylation sites (N-methyl/N-ethyl adjacent to an activating group) is 1. The number of rotatable bonds is 6. The zero-order valence-corrected chi connectivity index (χ0v) is 11.9. The van der Waals surface area contributed by atoms with Gasteiger partial charge < -0.3 is 10.6 Å². The fourth-order valence-corrected chi connectivity index (χ4v) is 3.65. The fraction of sp³-hybridized carbons (Fsp3) is 0.625. The minimum atomic E-state index is 0.659. The van der Waals surface area contributed by atoms with Crippen molar-refractivity contribution in [2.24, 2.45) is 5.41 Å². The summed E-state index contributed by atoms with van der Waals surface area (Å²) in [5, 5.41) is 6.81. The van der Waals surface area contributed by atoms with Crippen LogP contribution < -0.4 is 10.6 Å². The lowest BCUT2D eigenvalue weighted by atomic mass is 9.60. The number of hydrogen-bond acceptors (Lipinski definition) is 3. The minimum Gasteiger partial charge on any atom is -0.318 e. The quantitative estimate of drug-likeness (QED) is 0.757. The lowest BCUT2D eigenvalue weighted by Gasteiger charge is -2.59. The van der Waals surface area contributed by atoms with E-state index in [1.54, 1.807) is 0 Å². The van der Waals surface area contributed by atoms with Crippen LogP contribution in [0, 0.1) is 5.41 Å². The molecule has 3 heteroatoms. The zero-order valence-electron chi connectivity index (χ0n) is 11.9. The molecular formula is C16H25N3. The standard InChI is InChI=1S/C16H25N3/c1-17-7-8-18-15-9-16(10-15)12-19(13-16)11-14-5-3-2-4-6-14/h2-6,15,17-18H,7-13H2,1H3. The Hall–Kier alpha value is -0.900. The molecule has 0 bridgehead atoms. The molecule has 19 heavy (non-hydrogen) atoms. The van der Waals surface area contributed by atoms with Crippen molar-refractivity contribution < 1.29 is 0 Å². The Morgan fingerprint density at radius 2 is 1.89 bits per heavy atom. The third-order valence-corrected chi connectivity index (χ3v) is 4.53. The van der Waals surface area contributed by atoms with E-state index in [0.29, 0.717) is 5.41 Å². The normalized spacial score (nSPS) is 22.2. The molecule has 1 aliphatic carbocycles. The van der Waals surface area contributed by atoms with Crippen molar-refractivity contribution in [3.05, 3.63) is 35.9 Å². The first-order valence-corrected chi connectivity index (χ1v) is 7.44. The van der Waals surface area contributed by atoms with Crippen LogP contribution >= 0.6 is 0 Å². The highest BCUT2D eigenvalue weighted by Gasteiger charge is 2.51. The lowest BCUT2D eigenvalue weighted by molar-refractivity contribution is -0.0827. The van der Waals surface area contributed by atoms with Crippen LogP contribution in [0.25, 0.3) is 0 Å². The van der Waals surface area contributed by atoms with Crippen LogP contribution in [0.1, 0.15) is 18.4 Å². The fourth-order valence-electron chi connectivity index (χ4n) is 3.65. The van der Waals surface area contributed by atoms with E-state index < -0.39 is 0 Å². The van der Waals surface area contributed by atoms with Gasteiger partial charge in [-0.05, 0) is 30.9 Å². The molecular weight excluding hydrogens is 234 g/mol. The number of likely N-dealkylation sites (tertiary alicyclic amines) is 1. The molecule has 3 rings (SSSR count). The number of benzene rings is 1. The molecule has 1 aromatic carbocycles. The van der Waals surface area contributed by atoms with Crippen LogP contribution in [0.5, 0.6) is 0 Å². The minimum absolute atomic E-state index is 0.659. The summed E-state index contributed by atoms with van der Waals surface area (Å²) in [6.45, 7) is 5.90. The van der Waals surface area contributed by atoms with E-state index in [2.05, 4.69) is 45.9 Å². The molecule has 0 atom stereocenters. The highest BCUT2D eigenvalue weighted by molar-refractivity contribution is 5.16. The van der Waals surface area contributed by atoms with Gasteiger partial charge in [-0.3, -0.25) is 4.90 Å². The van der Waals surface area contributed by atoms with Crippen LogP contribution in [0.15, 0.2) is 30.3 Å². The number of nitrogens with zero attached hydrogens (tertiary/aromatic N) is 1. The summed E-state index contributed by atoms with van der Waals surface area (Å²) in [6, 6.07) is 11.6. The molecule has 3 nitrogen and oxygen atoms in total. The van der Waals surface area contributed by atoms with E-state index in [1.807, 2.05) is 7.05 Å². The van der Waals surface area contributed by atoms with Crippen LogP contribution in [-0.2, 0) is 6.54 Å². The molecule has 1 saturated carbocycles. The van der Waals surface area contributed by atoms with Crippen molar-refractivity contribution in [3.8, 4) is 0 Å². The van der Waals surface area contributed by atoms with Gasteiger partial charge in [-0.15, -0.1) is 0 Å². The third kappa shape index (κ3) is 2.99.